The van der Waals surface area contributed by atoms with Crippen molar-refractivity contribution in [1.82, 2.24) is 9.97 Å². The number of anilines is 2. The van der Waals surface area contributed by atoms with Gasteiger partial charge < -0.3 is 5.32 Å². The zero-order chi connectivity index (χ0) is 16.4. The molecule has 2 aromatic heterocycles. The van der Waals surface area contributed by atoms with Crippen LogP contribution in [0.3, 0.4) is 0 Å². The molecule has 1 aromatic carbocycles. The minimum absolute atomic E-state index is 0. The molecular formula is C19H27N3. The Kier molecular flexibility index (Phi) is 7.62. The molecule has 0 saturated heterocycles. The third kappa shape index (κ3) is 4.85. The summed E-state index contributed by atoms with van der Waals surface area (Å²) >= 11 is 0. The quantitative estimate of drug-likeness (QED) is 0.632. The first-order chi connectivity index (χ1) is 10.8. The number of pyridine rings is 2. The molecule has 0 fully saturated rings. The lowest BCUT2D eigenvalue weighted by Crippen LogP contribution is -1.93. The Morgan fingerprint density at radius 1 is 0.864 bits per heavy atom. The average molecular weight is 297 g/mol. The number of nitrogens with zero attached hydrogens (tertiary/aromatic N) is 2. The molecule has 3 rings (SSSR count). The largest absolute Gasteiger partial charge is 0.340 e. The van der Waals surface area contributed by atoms with E-state index in [2.05, 4.69) is 27.4 Å². The van der Waals surface area contributed by atoms with E-state index in [0.29, 0.717) is 0 Å². The zero-order valence-corrected chi connectivity index (χ0v) is 14.1. The minimum atomic E-state index is 0. The summed E-state index contributed by atoms with van der Waals surface area (Å²) in [6.07, 6.45) is 5.52. The highest BCUT2D eigenvalue weighted by molar-refractivity contribution is 5.85. The maximum Gasteiger partial charge on any atom is 0.130 e. The van der Waals surface area contributed by atoms with E-state index in [-0.39, 0.29) is 1.43 Å². The van der Waals surface area contributed by atoms with Gasteiger partial charge in [0.05, 0.1) is 0 Å². The van der Waals surface area contributed by atoms with Crippen molar-refractivity contribution in [2.45, 2.75) is 34.6 Å². The fourth-order valence-corrected chi connectivity index (χ4v) is 1.85. The molecule has 0 aliphatic carbocycles. The highest BCUT2D eigenvalue weighted by atomic mass is 15.0. The van der Waals surface area contributed by atoms with E-state index in [0.717, 1.165) is 22.5 Å². The van der Waals surface area contributed by atoms with Crippen LogP contribution in [0.25, 0.3) is 10.8 Å². The molecule has 118 valence electrons. The first-order valence-electron chi connectivity index (χ1n) is 7.85. The Bertz CT molecular complexity index is 682. The first kappa shape index (κ1) is 17.6. The van der Waals surface area contributed by atoms with Crippen molar-refractivity contribution >= 4 is 22.3 Å². The highest BCUT2D eigenvalue weighted by Gasteiger charge is 1.98. The third-order valence-electron chi connectivity index (χ3n) is 2.82. The van der Waals surface area contributed by atoms with Crippen LogP contribution in [0, 0.1) is 6.92 Å². The lowest BCUT2D eigenvalue weighted by atomic mass is 10.1. The molecule has 0 atom stereocenters. The zero-order valence-electron chi connectivity index (χ0n) is 14.1. The third-order valence-corrected chi connectivity index (χ3v) is 2.82. The van der Waals surface area contributed by atoms with E-state index >= 15 is 0 Å². The molecule has 22 heavy (non-hydrogen) atoms. The predicted octanol–water partition coefficient (Wildman–Crippen LogP) is 5.98. The number of fused-ring (bicyclic) bond motifs is 1. The lowest BCUT2D eigenvalue weighted by Gasteiger charge is -2.06. The van der Waals surface area contributed by atoms with E-state index in [4.69, 9.17) is 0 Å². The van der Waals surface area contributed by atoms with Crippen LogP contribution in [0.15, 0.2) is 55.0 Å². The maximum absolute atomic E-state index is 4.33. The van der Waals surface area contributed by atoms with Gasteiger partial charge in [0.1, 0.15) is 5.82 Å². The molecule has 3 nitrogen and oxygen atoms in total. The van der Waals surface area contributed by atoms with Gasteiger partial charge in [-0.05, 0) is 42.1 Å². The second kappa shape index (κ2) is 9.50. The molecule has 1 N–H and O–H groups in total. The smallest absolute Gasteiger partial charge is 0.130 e. The summed E-state index contributed by atoms with van der Waals surface area (Å²) in [5, 5.41) is 5.60. The van der Waals surface area contributed by atoms with Crippen molar-refractivity contribution in [3.63, 3.8) is 0 Å². The van der Waals surface area contributed by atoms with E-state index in [1.807, 2.05) is 71.3 Å². The molecule has 0 unspecified atom stereocenters. The van der Waals surface area contributed by atoms with Crippen LogP contribution in [-0.4, -0.2) is 9.97 Å². The van der Waals surface area contributed by atoms with Gasteiger partial charge in [0.2, 0.25) is 0 Å². The van der Waals surface area contributed by atoms with Crippen molar-refractivity contribution in [1.29, 1.82) is 0 Å². The molecule has 3 aromatic rings. The molecule has 0 radical (unpaired) electrons. The topological polar surface area (TPSA) is 37.8 Å². The van der Waals surface area contributed by atoms with Crippen LogP contribution in [0.1, 0.15) is 34.7 Å². The normalized spacial score (nSPS) is 9.14. The first-order valence-corrected chi connectivity index (χ1v) is 7.85. The van der Waals surface area contributed by atoms with Gasteiger partial charge in [0, 0.05) is 31.1 Å². The summed E-state index contributed by atoms with van der Waals surface area (Å²) in [4.78, 5) is 8.43. The van der Waals surface area contributed by atoms with Gasteiger partial charge in [0.25, 0.3) is 0 Å². The van der Waals surface area contributed by atoms with E-state index in [9.17, 15) is 0 Å². The number of benzene rings is 1. The van der Waals surface area contributed by atoms with Crippen LogP contribution in [0.5, 0.6) is 0 Å². The predicted molar refractivity (Wildman–Crippen MR) is 98.8 cm³/mol. The molecule has 0 spiro atoms. The molecule has 0 amide bonds. The summed E-state index contributed by atoms with van der Waals surface area (Å²) in [6.45, 7) is 10.0. The van der Waals surface area contributed by atoms with Gasteiger partial charge >= 0.3 is 0 Å². The fourth-order valence-electron chi connectivity index (χ4n) is 1.85. The molecule has 3 heteroatoms. The van der Waals surface area contributed by atoms with E-state index < -0.39 is 0 Å². The van der Waals surface area contributed by atoms with Gasteiger partial charge in [-0.2, -0.15) is 0 Å². The molecule has 0 saturated carbocycles. The lowest BCUT2D eigenvalue weighted by molar-refractivity contribution is 1.26. The molecule has 0 bridgehead atoms. The number of nitrogens with one attached hydrogen (secondary N) is 1. The summed E-state index contributed by atoms with van der Waals surface area (Å²) < 4.78 is 0. The standard InChI is InChI=1S/C15H13N3.2C2H6.H2/c1-11-2-5-15(17-9-11)18-14-4-3-13-10-16-7-6-12(13)8-14;2*1-2;/h2-10H,1H3,(H,17,18);2*1-2H3;1H. The summed E-state index contributed by atoms with van der Waals surface area (Å²) in [6, 6.07) is 12.2. The number of hydrogen-bond donors (Lipinski definition) is 1. The maximum atomic E-state index is 4.33. The second-order valence-corrected chi connectivity index (χ2v) is 4.28. The van der Waals surface area contributed by atoms with Crippen LogP contribution in [-0.2, 0) is 0 Å². The van der Waals surface area contributed by atoms with Crippen LogP contribution in [0.2, 0.25) is 0 Å². The molecule has 0 aliphatic heterocycles. The summed E-state index contributed by atoms with van der Waals surface area (Å²) in [7, 11) is 0. The number of aromatic nitrogens is 2. The molecule has 2 heterocycles. The van der Waals surface area contributed by atoms with Gasteiger partial charge in [-0.15, -0.1) is 0 Å². The highest BCUT2D eigenvalue weighted by Crippen LogP contribution is 2.20. The Labute approximate surface area is 134 Å². The summed E-state index contributed by atoms with van der Waals surface area (Å²) in [5.74, 6) is 0.856. The number of aryl methyl sites for hydroxylation is 1. The van der Waals surface area contributed by atoms with Gasteiger partial charge in [-0.3, -0.25) is 4.98 Å². The second-order valence-electron chi connectivity index (χ2n) is 4.28. The SMILES string of the molecule is CC.CC.Cc1ccc(Nc2ccc3cnccc3c2)nc1.[HH]. The number of rotatable bonds is 2. The van der Waals surface area contributed by atoms with Crippen LogP contribution in [0.4, 0.5) is 11.5 Å². The van der Waals surface area contributed by atoms with Gasteiger partial charge in [-0.25, -0.2) is 4.98 Å². The Balaban J connectivity index is 0.000000901. The monoisotopic (exact) mass is 297 g/mol. The van der Waals surface area contributed by atoms with Crippen molar-refractivity contribution in [3.05, 3.63) is 60.6 Å². The Morgan fingerprint density at radius 2 is 1.64 bits per heavy atom. The van der Waals surface area contributed by atoms with Crippen molar-refractivity contribution < 1.29 is 1.43 Å². The van der Waals surface area contributed by atoms with Crippen molar-refractivity contribution in [3.8, 4) is 0 Å². The van der Waals surface area contributed by atoms with Gasteiger partial charge in [-0.1, -0.05) is 39.8 Å². The van der Waals surface area contributed by atoms with Crippen molar-refractivity contribution in [2.24, 2.45) is 0 Å². The van der Waals surface area contributed by atoms with E-state index in [1.54, 1.807) is 6.20 Å². The molecule has 0 aliphatic rings. The molecular weight excluding hydrogens is 270 g/mol. The van der Waals surface area contributed by atoms with Crippen molar-refractivity contribution in [2.75, 3.05) is 5.32 Å². The Hall–Kier alpha value is -2.42. The van der Waals surface area contributed by atoms with Gasteiger partial charge in [0.15, 0.2) is 0 Å². The van der Waals surface area contributed by atoms with E-state index in [1.165, 1.54) is 5.39 Å². The van der Waals surface area contributed by atoms with Crippen LogP contribution >= 0.6 is 0 Å². The fraction of sp³-hybridized carbons (Fsp3) is 0.263. The summed E-state index contributed by atoms with van der Waals surface area (Å²) in [5.41, 5.74) is 2.19. The average Bonchev–Trinajstić information content (AvgIpc) is 2.60. The minimum Gasteiger partial charge on any atom is -0.340 e. The number of hydrogen-bond acceptors (Lipinski definition) is 3. The Morgan fingerprint density at radius 3 is 2.32 bits per heavy atom. The van der Waals surface area contributed by atoms with Crippen LogP contribution < -0.4 is 5.32 Å².